The topological polar surface area (TPSA) is 57.7 Å². The Kier molecular flexibility index (Phi) is 3.89. The molecule has 116 valence electrons. The highest BCUT2D eigenvalue weighted by Crippen LogP contribution is 2.20. The number of benzene rings is 2. The Balaban J connectivity index is 1.76. The van der Waals surface area contributed by atoms with Crippen LogP contribution in [0.2, 0.25) is 0 Å². The summed E-state index contributed by atoms with van der Waals surface area (Å²) >= 11 is 0. The lowest BCUT2D eigenvalue weighted by Crippen LogP contribution is -2.37. The van der Waals surface area contributed by atoms with Crippen LogP contribution in [-0.4, -0.2) is 35.7 Å². The molecule has 1 heterocycles. The monoisotopic (exact) mass is 312 g/mol. The summed E-state index contributed by atoms with van der Waals surface area (Å²) < 4.78 is 12.9. The summed E-state index contributed by atoms with van der Waals surface area (Å²) in [5, 5.41) is 0. The Morgan fingerprint density at radius 2 is 1.65 bits per heavy atom. The predicted octanol–water partition coefficient (Wildman–Crippen LogP) is 2.48. The third-order valence-electron chi connectivity index (χ3n) is 3.59. The molecule has 0 unspecified atom stereocenters. The van der Waals surface area contributed by atoms with E-state index in [0.717, 1.165) is 17.0 Å². The van der Waals surface area contributed by atoms with Crippen molar-refractivity contribution in [1.82, 2.24) is 4.90 Å². The van der Waals surface area contributed by atoms with Gasteiger partial charge >= 0.3 is 6.03 Å². The SMILES string of the molecule is O=C(CN1C(=O)CN(c2ccccc2)C1=O)c1ccc(F)cc1. The first kappa shape index (κ1) is 14.9. The molecule has 0 bridgehead atoms. The molecule has 0 atom stereocenters. The largest absolute Gasteiger partial charge is 0.332 e. The van der Waals surface area contributed by atoms with Crippen molar-refractivity contribution in [1.29, 1.82) is 0 Å². The number of nitrogens with zero attached hydrogens (tertiary/aromatic N) is 2. The molecule has 0 aromatic heterocycles. The molecule has 0 spiro atoms. The van der Waals surface area contributed by atoms with Gasteiger partial charge in [-0.15, -0.1) is 0 Å². The normalized spacial score (nSPS) is 14.5. The Morgan fingerprint density at radius 1 is 1.00 bits per heavy atom. The van der Waals surface area contributed by atoms with Gasteiger partial charge < -0.3 is 0 Å². The Bertz CT molecular complexity index is 759. The van der Waals surface area contributed by atoms with Gasteiger partial charge in [-0.1, -0.05) is 18.2 Å². The third-order valence-corrected chi connectivity index (χ3v) is 3.59. The summed E-state index contributed by atoms with van der Waals surface area (Å²) in [6.07, 6.45) is 0. The van der Waals surface area contributed by atoms with Crippen molar-refractivity contribution in [2.24, 2.45) is 0 Å². The molecule has 0 aliphatic carbocycles. The number of Topliss-reactive ketones (excluding diaryl/α,β-unsaturated/α-hetero) is 1. The van der Waals surface area contributed by atoms with Gasteiger partial charge in [0.1, 0.15) is 12.4 Å². The molecule has 0 saturated carbocycles. The van der Waals surface area contributed by atoms with Crippen LogP contribution in [0.3, 0.4) is 0 Å². The maximum atomic E-state index is 12.9. The highest BCUT2D eigenvalue weighted by atomic mass is 19.1. The fourth-order valence-electron chi connectivity index (χ4n) is 2.38. The number of carbonyl (C=O) groups is 3. The lowest BCUT2D eigenvalue weighted by atomic mass is 10.1. The van der Waals surface area contributed by atoms with Crippen molar-refractivity contribution < 1.29 is 18.8 Å². The lowest BCUT2D eigenvalue weighted by Gasteiger charge is -2.16. The van der Waals surface area contributed by atoms with Crippen LogP contribution in [0, 0.1) is 5.82 Å². The molecule has 2 aromatic rings. The van der Waals surface area contributed by atoms with E-state index in [4.69, 9.17) is 0 Å². The van der Waals surface area contributed by atoms with E-state index in [2.05, 4.69) is 0 Å². The molecule has 3 amide bonds. The second-order valence-electron chi connectivity index (χ2n) is 5.11. The van der Waals surface area contributed by atoms with E-state index in [1.807, 2.05) is 6.07 Å². The number of ketones is 1. The number of para-hydroxylation sites is 1. The molecule has 6 heteroatoms. The van der Waals surface area contributed by atoms with E-state index in [9.17, 15) is 18.8 Å². The Morgan fingerprint density at radius 3 is 2.30 bits per heavy atom. The van der Waals surface area contributed by atoms with Crippen LogP contribution in [0.25, 0.3) is 0 Å². The number of hydrogen-bond donors (Lipinski definition) is 0. The molecule has 0 radical (unpaired) electrons. The molecule has 1 fully saturated rings. The van der Waals surface area contributed by atoms with Crippen LogP contribution in [0.15, 0.2) is 54.6 Å². The van der Waals surface area contributed by atoms with Gasteiger partial charge in [0.25, 0.3) is 5.91 Å². The van der Waals surface area contributed by atoms with Crippen LogP contribution < -0.4 is 4.90 Å². The number of rotatable bonds is 4. The zero-order valence-corrected chi connectivity index (χ0v) is 12.1. The number of urea groups is 1. The van der Waals surface area contributed by atoms with E-state index in [1.54, 1.807) is 24.3 Å². The average molecular weight is 312 g/mol. The summed E-state index contributed by atoms with van der Waals surface area (Å²) in [7, 11) is 0. The van der Waals surface area contributed by atoms with E-state index >= 15 is 0 Å². The predicted molar refractivity (Wildman–Crippen MR) is 81.6 cm³/mol. The number of halogens is 1. The molecule has 3 rings (SSSR count). The van der Waals surface area contributed by atoms with Gasteiger partial charge in [0.05, 0.1) is 6.54 Å². The van der Waals surface area contributed by atoms with E-state index in [-0.39, 0.29) is 18.7 Å². The molecule has 23 heavy (non-hydrogen) atoms. The standard InChI is InChI=1S/C17H13FN2O3/c18-13-8-6-12(7-9-13)15(21)10-20-16(22)11-19(17(20)23)14-4-2-1-3-5-14/h1-9H,10-11H2. The van der Waals surface area contributed by atoms with Gasteiger partial charge in [0.2, 0.25) is 0 Å². The Labute approximate surface area is 131 Å². The number of amides is 3. The Hall–Kier alpha value is -3.02. The molecule has 1 aliphatic heterocycles. The summed E-state index contributed by atoms with van der Waals surface area (Å²) in [5.41, 5.74) is 0.854. The first-order chi connectivity index (χ1) is 11.1. The summed E-state index contributed by atoms with van der Waals surface area (Å²) in [6, 6.07) is 13.2. The van der Waals surface area contributed by atoms with Gasteiger partial charge in [0, 0.05) is 11.3 Å². The zero-order valence-electron chi connectivity index (χ0n) is 12.1. The smallest absolute Gasteiger partial charge is 0.292 e. The number of carbonyl (C=O) groups excluding carboxylic acids is 3. The van der Waals surface area contributed by atoms with E-state index in [0.29, 0.717) is 5.69 Å². The third kappa shape index (κ3) is 2.96. The van der Waals surface area contributed by atoms with Crippen molar-refractivity contribution in [3.8, 4) is 0 Å². The molecular formula is C17H13FN2O3. The summed E-state index contributed by atoms with van der Waals surface area (Å²) in [5.74, 6) is -1.30. The van der Waals surface area contributed by atoms with Crippen molar-refractivity contribution >= 4 is 23.4 Å². The van der Waals surface area contributed by atoms with Gasteiger partial charge in [-0.2, -0.15) is 0 Å². The molecule has 0 N–H and O–H groups in total. The summed E-state index contributed by atoms with van der Waals surface area (Å²) in [6.45, 7) is -0.452. The van der Waals surface area contributed by atoms with Crippen molar-refractivity contribution in [3.05, 3.63) is 66.0 Å². The molecule has 1 saturated heterocycles. The molecule has 2 aromatic carbocycles. The zero-order chi connectivity index (χ0) is 16.4. The lowest BCUT2D eigenvalue weighted by molar-refractivity contribution is -0.124. The molecule has 1 aliphatic rings. The first-order valence-electron chi connectivity index (χ1n) is 7.02. The van der Waals surface area contributed by atoms with E-state index in [1.165, 1.54) is 17.0 Å². The highest BCUT2D eigenvalue weighted by Gasteiger charge is 2.37. The van der Waals surface area contributed by atoms with Crippen LogP contribution >= 0.6 is 0 Å². The van der Waals surface area contributed by atoms with Gasteiger partial charge in [0.15, 0.2) is 5.78 Å². The van der Waals surface area contributed by atoms with Crippen LogP contribution in [-0.2, 0) is 4.79 Å². The minimum absolute atomic E-state index is 0.0977. The molecule has 5 nitrogen and oxygen atoms in total. The van der Waals surface area contributed by atoms with Crippen LogP contribution in [0.1, 0.15) is 10.4 Å². The maximum Gasteiger partial charge on any atom is 0.332 e. The number of anilines is 1. The van der Waals surface area contributed by atoms with E-state index < -0.39 is 23.5 Å². The van der Waals surface area contributed by atoms with Gasteiger partial charge in [-0.05, 0) is 36.4 Å². The highest BCUT2D eigenvalue weighted by molar-refractivity contribution is 6.15. The maximum absolute atomic E-state index is 12.9. The van der Waals surface area contributed by atoms with Crippen LogP contribution in [0.5, 0.6) is 0 Å². The second kappa shape index (κ2) is 6.00. The minimum Gasteiger partial charge on any atom is -0.292 e. The minimum atomic E-state index is -0.531. The number of hydrogen-bond acceptors (Lipinski definition) is 3. The van der Waals surface area contributed by atoms with Gasteiger partial charge in [-0.25, -0.2) is 9.18 Å². The average Bonchev–Trinajstić information content (AvgIpc) is 2.84. The fraction of sp³-hybridized carbons (Fsp3) is 0.118. The first-order valence-corrected chi connectivity index (χ1v) is 7.02. The molecular weight excluding hydrogens is 299 g/mol. The van der Waals surface area contributed by atoms with Crippen molar-refractivity contribution in [3.63, 3.8) is 0 Å². The van der Waals surface area contributed by atoms with Crippen LogP contribution in [0.4, 0.5) is 14.9 Å². The fourth-order valence-corrected chi connectivity index (χ4v) is 2.38. The number of imide groups is 1. The van der Waals surface area contributed by atoms with Crippen molar-refractivity contribution in [2.45, 2.75) is 0 Å². The van der Waals surface area contributed by atoms with Gasteiger partial charge in [-0.3, -0.25) is 19.4 Å². The summed E-state index contributed by atoms with van der Waals surface area (Å²) in [4.78, 5) is 38.8. The van der Waals surface area contributed by atoms with Crippen molar-refractivity contribution in [2.75, 3.05) is 18.0 Å². The second-order valence-corrected chi connectivity index (χ2v) is 5.11. The quantitative estimate of drug-likeness (QED) is 0.644.